The summed E-state index contributed by atoms with van der Waals surface area (Å²) < 4.78 is 4.55. The van der Waals surface area contributed by atoms with E-state index in [4.69, 9.17) is 9.78 Å². The van der Waals surface area contributed by atoms with E-state index in [0.29, 0.717) is 50.7 Å². The molecule has 3 aromatic carbocycles. The Kier molecular flexibility index (Phi) is 10.5. The molecule has 0 bridgehead atoms. The van der Waals surface area contributed by atoms with Crippen LogP contribution in [-0.4, -0.2) is 25.2 Å². The number of ketones is 2. The number of anilines is 3. The molecular weight excluding hydrogens is 507 g/mol. The molecule has 1 aliphatic carbocycles. The van der Waals surface area contributed by atoms with Crippen molar-refractivity contribution in [2.45, 2.75) is 18.4 Å². The van der Waals surface area contributed by atoms with Crippen molar-refractivity contribution >= 4 is 40.7 Å². The summed E-state index contributed by atoms with van der Waals surface area (Å²) >= 11 is 0.688. The molecule has 1 aliphatic rings. The maximum atomic E-state index is 13.5. The van der Waals surface area contributed by atoms with Gasteiger partial charge in [-0.25, -0.2) is 9.78 Å². The van der Waals surface area contributed by atoms with Crippen molar-refractivity contribution in [1.82, 2.24) is 0 Å². The van der Waals surface area contributed by atoms with Crippen LogP contribution in [0.3, 0.4) is 0 Å². The molecule has 11 heteroatoms. The first-order valence-electron chi connectivity index (χ1n) is 10.9. The van der Waals surface area contributed by atoms with Gasteiger partial charge >= 0.3 is 29.6 Å². The fourth-order valence-electron chi connectivity index (χ4n) is 3.81. The minimum atomic E-state index is -0.271. The summed E-state index contributed by atoms with van der Waals surface area (Å²) in [4.78, 5) is 37.6. The van der Waals surface area contributed by atoms with Crippen LogP contribution in [0.4, 0.5) is 17.1 Å². The molecule has 0 fully saturated rings. The van der Waals surface area contributed by atoms with Gasteiger partial charge in [-0.2, -0.15) is 4.33 Å². The minimum absolute atomic E-state index is 0. The molecular formula is C26H23N2NaO7S. The van der Waals surface area contributed by atoms with Gasteiger partial charge < -0.3 is 15.9 Å². The molecule has 37 heavy (non-hydrogen) atoms. The van der Waals surface area contributed by atoms with E-state index in [1.807, 2.05) is 6.92 Å². The summed E-state index contributed by atoms with van der Waals surface area (Å²) in [6.07, 6.45) is 0. The van der Waals surface area contributed by atoms with Crippen LogP contribution >= 0.6 is 12.0 Å². The van der Waals surface area contributed by atoms with Crippen molar-refractivity contribution in [3.8, 4) is 0 Å². The van der Waals surface area contributed by atoms with E-state index in [-0.39, 0.29) is 59.9 Å². The van der Waals surface area contributed by atoms with Gasteiger partial charge in [0.15, 0.2) is 11.6 Å². The number of carbonyl (C=O) groups is 2. The van der Waals surface area contributed by atoms with Gasteiger partial charge in [-0.1, -0.05) is 42.5 Å². The third kappa shape index (κ3) is 6.50. The largest absolute Gasteiger partial charge is 1.00 e. The van der Waals surface area contributed by atoms with Crippen molar-refractivity contribution in [3.63, 3.8) is 0 Å². The van der Waals surface area contributed by atoms with Crippen LogP contribution in [-0.2, 0) is 25.8 Å². The predicted molar refractivity (Wildman–Crippen MR) is 133 cm³/mol. The Bertz CT molecular complexity index is 1330. The van der Waals surface area contributed by atoms with Gasteiger partial charge in [0.2, 0.25) is 0 Å². The predicted octanol–water partition coefficient (Wildman–Crippen LogP) is 1.51. The van der Waals surface area contributed by atoms with Gasteiger partial charge in [0, 0.05) is 23.9 Å². The number of hydrogen-bond acceptors (Lipinski definition) is 10. The molecule has 0 atom stereocenters. The van der Waals surface area contributed by atoms with Crippen molar-refractivity contribution in [2.75, 3.05) is 24.3 Å². The molecule has 0 aliphatic heterocycles. The standard InChI is InChI=1S/C26H24N2O7S.Na/c1-15(2)13-32-33-14-16-8-9-19(22(12-16)36-35-34-31)28-21-11-10-20(27-3)23-24(21)26(30)18-7-5-4-6-17(18)25(23)29;/h4-12,27-28,31H,1,13-14H2,2-3H3;/q;+1/p-1. The molecule has 0 radical (unpaired) electrons. The topological polar surface area (TPSA) is 118 Å². The Balaban J connectivity index is 0.00000380. The van der Waals surface area contributed by atoms with Crippen molar-refractivity contribution in [1.29, 1.82) is 0 Å². The van der Waals surface area contributed by atoms with E-state index in [9.17, 15) is 14.8 Å². The van der Waals surface area contributed by atoms with E-state index in [1.165, 1.54) is 0 Å². The molecule has 0 aromatic heterocycles. The van der Waals surface area contributed by atoms with Crippen LogP contribution in [0.1, 0.15) is 44.3 Å². The van der Waals surface area contributed by atoms with Crippen LogP contribution in [0.15, 0.2) is 71.6 Å². The van der Waals surface area contributed by atoms with Crippen LogP contribution in [0.5, 0.6) is 0 Å². The summed E-state index contributed by atoms with van der Waals surface area (Å²) in [6.45, 7) is 5.95. The van der Waals surface area contributed by atoms with Crippen molar-refractivity contribution in [3.05, 3.63) is 94.6 Å². The number of hydrogen-bond donors (Lipinski definition) is 2. The summed E-state index contributed by atoms with van der Waals surface area (Å²) in [5.41, 5.74) is 4.27. The molecule has 0 amide bonds. The fourth-order valence-corrected chi connectivity index (χ4v) is 4.32. The van der Waals surface area contributed by atoms with Crippen LogP contribution < -0.4 is 45.4 Å². The molecule has 0 unspecified atom stereocenters. The smallest absolute Gasteiger partial charge is 0.691 e. The summed E-state index contributed by atoms with van der Waals surface area (Å²) in [5, 5.41) is 20.2. The first-order valence-corrected chi connectivity index (χ1v) is 11.6. The monoisotopic (exact) mass is 530 g/mol. The Morgan fingerprint density at radius 3 is 2.19 bits per heavy atom. The average molecular weight is 531 g/mol. The first-order chi connectivity index (χ1) is 17.4. The molecule has 186 valence electrons. The summed E-state index contributed by atoms with van der Waals surface area (Å²) in [5.74, 6) is -0.513. The van der Waals surface area contributed by atoms with E-state index < -0.39 is 0 Å². The van der Waals surface area contributed by atoms with E-state index >= 15 is 0 Å². The third-order valence-corrected chi connectivity index (χ3v) is 6.07. The molecule has 0 spiro atoms. The molecule has 0 saturated heterocycles. The number of rotatable bonds is 11. The van der Waals surface area contributed by atoms with Crippen LogP contribution in [0.25, 0.3) is 0 Å². The van der Waals surface area contributed by atoms with E-state index in [2.05, 4.69) is 26.6 Å². The van der Waals surface area contributed by atoms with Crippen molar-refractivity contribution < 1.29 is 63.6 Å². The third-order valence-electron chi connectivity index (χ3n) is 5.43. The zero-order valence-corrected chi connectivity index (χ0v) is 23.4. The normalized spacial score (nSPS) is 11.9. The average Bonchev–Trinajstić information content (AvgIpc) is 2.89. The molecule has 9 nitrogen and oxygen atoms in total. The summed E-state index contributed by atoms with van der Waals surface area (Å²) in [6, 6.07) is 15.4. The van der Waals surface area contributed by atoms with Crippen LogP contribution in [0.2, 0.25) is 0 Å². The van der Waals surface area contributed by atoms with Gasteiger partial charge in [-0.05, 0) is 36.8 Å². The number of carbonyl (C=O) groups excluding carboxylic acids is 2. The molecule has 4 rings (SSSR count). The number of benzene rings is 3. The molecule has 0 saturated carbocycles. The van der Waals surface area contributed by atoms with E-state index in [1.54, 1.807) is 61.6 Å². The van der Waals surface area contributed by atoms with Gasteiger partial charge in [0.1, 0.15) is 13.2 Å². The maximum Gasteiger partial charge on any atom is 1.00 e. The molecule has 2 N–H and O–H groups in total. The first kappa shape index (κ1) is 29.1. The minimum Gasteiger partial charge on any atom is -0.691 e. The Labute approximate surface area is 240 Å². The SMILES string of the molecule is C=C(C)COOCc1ccc(Nc2ccc(NC)c3c2C(=O)c2ccccc2C3=O)c(SOO[O-])c1.[Na+]. The second-order valence-electron chi connectivity index (χ2n) is 8.02. The number of fused-ring (bicyclic) bond motifs is 2. The Hall–Kier alpha value is -2.51. The molecule has 3 aromatic rings. The molecule has 0 heterocycles. The maximum absolute atomic E-state index is 13.5. The van der Waals surface area contributed by atoms with E-state index in [0.717, 1.165) is 11.1 Å². The van der Waals surface area contributed by atoms with Gasteiger partial charge in [0.25, 0.3) is 0 Å². The zero-order chi connectivity index (χ0) is 25.7. The zero-order valence-electron chi connectivity index (χ0n) is 20.6. The second-order valence-corrected chi connectivity index (χ2v) is 8.76. The second kappa shape index (κ2) is 13.3. The van der Waals surface area contributed by atoms with Crippen molar-refractivity contribution in [2.24, 2.45) is 0 Å². The Morgan fingerprint density at radius 2 is 1.57 bits per heavy atom. The van der Waals surface area contributed by atoms with Gasteiger partial charge in [-0.3, -0.25) is 14.6 Å². The number of nitrogens with one attached hydrogen (secondary N) is 2. The van der Waals surface area contributed by atoms with Gasteiger partial charge in [0.05, 0.1) is 39.4 Å². The quantitative estimate of drug-likeness (QED) is 0.0738. The Morgan fingerprint density at radius 1 is 0.946 bits per heavy atom. The summed E-state index contributed by atoms with van der Waals surface area (Å²) in [7, 11) is 1.69. The van der Waals surface area contributed by atoms with Gasteiger partial charge in [-0.15, -0.1) is 0 Å². The fraction of sp³-hybridized carbons (Fsp3) is 0.154. The van der Waals surface area contributed by atoms with Crippen LogP contribution in [0, 0.1) is 0 Å².